The predicted octanol–water partition coefficient (Wildman–Crippen LogP) is 2.47. The maximum atomic E-state index is 10.6. The van der Waals surface area contributed by atoms with Crippen molar-refractivity contribution in [1.82, 2.24) is 5.32 Å². The van der Waals surface area contributed by atoms with Crippen LogP contribution in [0.15, 0.2) is 24.3 Å². The highest BCUT2D eigenvalue weighted by Gasteiger charge is 2.00. The molecule has 4 nitrogen and oxygen atoms in total. The third kappa shape index (κ3) is 7.92. The molecule has 2 N–H and O–H groups in total. The molecule has 0 atom stereocenters. The Morgan fingerprint density at radius 3 is 2.50 bits per heavy atom. The number of hydrogen-bond donors (Lipinski definition) is 2. The van der Waals surface area contributed by atoms with E-state index in [4.69, 9.17) is 9.84 Å². The Morgan fingerprint density at radius 1 is 1.25 bits per heavy atom. The summed E-state index contributed by atoms with van der Waals surface area (Å²) in [6.45, 7) is 7.64. The largest absolute Gasteiger partial charge is 0.481 e. The minimum atomic E-state index is -0.794. The topological polar surface area (TPSA) is 58.6 Å². The summed E-state index contributed by atoms with van der Waals surface area (Å²) >= 11 is 0. The van der Waals surface area contributed by atoms with Crippen molar-refractivity contribution in [3.8, 4) is 0 Å². The fourth-order valence-corrected chi connectivity index (χ4v) is 1.80. The monoisotopic (exact) mass is 279 g/mol. The molecule has 20 heavy (non-hydrogen) atoms. The van der Waals surface area contributed by atoms with Crippen LogP contribution in [0.3, 0.4) is 0 Å². The molecule has 0 radical (unpaired) electrons. The van der Waals surface area contributed by atoms with E-state index in [-0.39, 0.29) is 6.42 Å². The first-order valence-corrected chi connectivity index (χ1v) is 7.16. The molecule has 0 aliphatic carbocycles. The van der Waals surface area contributed by atoms with E-state index in [2.05, 4.69) is 19.2 Å². The summed E-state index contributed by atoms with van der Waals surface area (Å²) in [6.07, 6.45) is 1.09. The first kappa shape index (κ1) is 16.7. The number of carboxylic acids is 1. The second-order valence-electron chi connectivity index (χ2n) is 5.39. The number of nitrogens with one attached hydrogen (secondary N) is 1. The number of carboxylic acid groups (broad SMARTS) is 1. The lowest BCUT2D eigenvalue weighted by Gasteiger charge is -2.08. The maximum Gasteiger partial charge on any atom is 0.307 e. The van der Waals surface area contributed by atoms with Crippen molar-refractivity contribution < 1.29 is 14.6 Å². The van der Waals surface area contributed by atoms with Crippen molar-refractivity contribution in [3.63, 3.8) is 0 Å². The molecule has 0 fully saturated rings. The Balaban J connectivity index is 2.11. The highest BCUT2D eigenvalue weighted by Crippen LogP contribution is 2.05. The lowest BCUT2D eigenvalue weighted by atomic mass is 10.1. The lowest BCUT2D eigenvalue weighted by molar-refractivity contribution is -0.136. The minimum absolute atomic E-state index is 0.0842. The number of carbonyl (C=O) groups is 1. The average Bonchev–Trinajstić information content (AvgIpc) is 2.38. The van der Waals surface area contributed by atoms with Gasteiger partial charge < -0.3 is 15.2 Å². The molecule has 0 spiro atoms. The van der Waals surface area contributed by atoms with Crippen LogP contribution in [0.1, 0.15) is 31.4 Å². The first-order chi connectivity index (χ1) is 9.58. The van der Waals surface area contributed by atoms with Crippen LogP contribution in [-0.4, -0.2) is 30.8 Å². The normalized spacial score (nSPS) is 10.9. The molecular weight excluding hydrogens is 254 g/mol. The molecule has 0 aliphatic heterocycles. The molecule has 4 heteroatoms. The van der Waals surface area contributed by atoms with Gasteiger partial charge in [-0.2, -0.15) is 0 Å². The summed E-state index contributed by atoms with van der Waals surface area (Å²) in [7, 11) is 0. The van der Waals surface area contributed by atoms with Crippen LogP contribution in [0.5, 0.6) is 0 Å². The minimum Gasteiger partial charge on any atom is -0.481 e. The Kier molecular flexibility index (Phi) is 7.92. The third-order valence-electron chi connectivity index (χ3n) is 2.80. The predicted molar refractivity (Wildman–Crippen MR) is 79.8 cm³/mol. The molecule has 1 aromatic carbocycles. The van der Waals surface area contributed by atoms with Crippen molar-refractivity contribution in [2.75, 3.05) is 19.8 Å². The number of benzene rings is 1. The zero-order chi connectivity index (χ0) is 14.8. The molecule has 1 aromatic rings. The van der Waals surface area contributed by atoms with Crippen LogP contribution in [-0.2, 0) is 22.5 Å². The molecule has 0 aromatic heterocycles. The van der Waals surface area contributed by atoms with Gasteiger partial charge >= 0.3 is 5.97 Å². The van der Waals surface area contributed by atoms with E-state index in [1.807, 2.05) is 24.3 Å². The van der Waals surface area contributed by atoms with Gasteiger partial charge in [-0.15, -0.1) is 0 Å². The molecule has 0 bridgehead atoms. The zero-order valence-electron chi connectivity index (χ0n) is 12.4. The molecule has 0 aliphatic rings. The van der Waals surface area contributed by atoms with Gasteiger partial charge in [-0.3, -0.25) is 4.79 Å². The lowest BCUT2D eigenvalue weighted by Crippen LogP contribution is -2.17. The van der Waals surface area contributed by atoms with Gasteiger partial charge in [0.05, 0.1) is 6.42 Å². The van der Waals surface area contributed by atoms with Crippen LogP contribution >= 0.6 is 0 Å². The average molecular weight is 279 g/mol. The third-order valence-corrected chi connectivity index (χ3v) is 2.80. The zero-order valence-corrected chi connectivity index (χ0v) is 12.4. The van der Waals surface area contributed by atoms with Crippen molar-refractivity contribution in [3.05, 3.63) is 35.4 Å². The van der Waals surface area contributed by atoms with Crippen LogP contribution in [0.2, 0.25) is 0 Å². The Bertz CT molecular complexity index is 387. The Labute approximate surface area is 121 Å². The molecule has 0 amide bonds. The van der Waals surface area contributed by atoms with Crippen LogP contribution in [0.4, 0.5) is 0 Å². The summed E-state index contributed by atoms with van der Waals surface area (Å²) in [5, 5.41) is 12.0. The highest BCUT2D eigenvalue weighted by atomic mass is 16.5. The van der Waals surface area contributed by atoms with Gasteiger partial charge in [-0.05, 0) is 30.0 Å². The molecule has 1 rings (SSSR count). The van der Waals surface area contributed by atoms with Crippen molar-refractivity contribution in [1.29, 1.82) is 0 Å². The second-order valence-corrected chi connectivity index (χ2v) is 5.39. The van der Waals surface area contributed by atoms with E-state index in [1.165, 1.54) is 5.56 Å². The van der Waals surface area contributed by atoms with Gasteiger partial charge in [0.15, 0.2) is 0 Å². The van der Waals surface area contributed by atoms with Gasteiger partial charge in [-0.25, -0.2) is 0 Å². The summed E-state index contributed by atoms with van der Waals surface area (Å²) < 4.78 is 5.50. The van der Waals surface area contributed by atoms with Crippen LogP contribution in [0.25, 0.3) is 0 Å². The summed E-state index contributed by atoms with van der Waals surface area (Å²) in [6, 6.07) is 7.69. The number of aliphatic carboxylic acids is 1. The molecule has 0 saturated heterocycles. The quantitative estimate of drug-likeness (QED) is 0.646. The molecule has 112 valence electrons. The molecule has 0 unspecified atom stereocenters. The van der Waals surface area contributed by atoms with E-state index in [0.717, 1.165) is 38.3 Å². The highest BCUT2D eigenvalue weighted by molar-refractivity contribution is 5.70. The molecule has 0 saturated carbocycles. The van der Waals surface area contributed by atoms with Crippen LogP contribution in [0, 0.1) is 5.92 Å². The van der Waals surface area contributed by atoms with E-state index in [0.29, 0.717) is 5.92 Å². The second kappa shape index (κ2) is 9.50. The van der Waals surface area contributed by atoms with E-state index in [9.17, 15) is 4.79 Å². The Hall–Kier alpha value is -1.39. The maximum absolute atomic E-state index is 10.6. The SMILES string of the molecule is CC(C)COCCCNCc1ccc(CC(=O)O)cc1. The fourth-order valence-electron chi connectivity index (χ4n) is 1.80. The summed E-state index contributed by atoms with van der Waals surface area (Å²) in [4.78, 5) is 10.6. The molecular formula is C16H25NO3. The van der Waals surface area contributed by atoms with E-state index >= 15 is 0 Å². The van der Waals surface area contributed by atoms with E-state index < -0.39 is 5.97 Å². The van der Waals surface area contributed by atoms with Crippen molar-refractivity contribution in [2.24, 2.45) is 5.92 Å². The number of ether oxygens (including phenoxy) is 1. The Morgan fingerprint density at radius 2 is 1.90 bits per heavy atom. The number of rotatable bonds is 10. The van der Waals surface area contributed by atoms with Gasteiger partial charge in [0, 0.05) is 19.8 Å². The van der Waals surface area contributed by atoms with Gasteiger partial charge in [-0.1, -0.05) is 38.1 Å². The first-order valence-electron chi connectivity index (χ1n) is 7.16. The van der Waals surface area contributed by atoms with Gasteiger partial charge in [0.25, 0.3) is 0 Å². The number of hydrogen-bond acceptors (Lipinski definition) is 3. The van der Waals surface area contributed by atoms with Crippen molar-refractivity contribution in [2.45, 2.75) is 33.2 Å². The van der Waals surface area contributed by atoms with Gasteiger partial charge in [0.1, 0.15) is 0 Å². The fraction of sp³-hybridized carbons (Fsp3) is 0.562. The van der Waals surface area contributed by atoms with Gasteiger partial charge in [0.2, 0.25) is 0 Å². The molecule has 0 heterocycles. The van der Waals surface area contributed by atoms with Crippen LogP contribution < -0.4 is 5.32 Å². The van der Waals surface area contributed by atoms with Crippen molar-refractivity contribution >= 4 is 5.97 Å². The van der Waals surface area contributed by atoms with E-state index in [1.54, 1.807) is 0 Å². The summed E-state index contributed by atoms with van der Waals surface area (Å²) in [5.41, 5.74) is 2.01. The summed E-state index contributed by atoms with van der Waals surface area (Å²) in [5.74, 6) is -0.204. The standard InChI is InChI=1S/C16H25NO3/c1-13(2)12-20-9-3-8-17-11-15-6-4-14(5-7-15)10-16(18)19/h4-7,13,17H,3,8-12H2,1-2H3,(H,18,19). The smallest absolute Gasteiger partial charge is 0.307 e.